The first-order valence-corrected chi connectivity index (χ1v) is 8.08. The van der Waals surface area contributed by atoms with Gasteiger partial charge in [0.05, 0.1) is 5.92 Å². The van der Waals surface area contributed by atoms with Crippen LogP contribution in [-0.4, -0.2) is 29.3 Å². The highest BCUT2D eigenvalue weighted by Crippen LogP contribution is 2.21. The second-order valence-corrected chi connectivity index (χ2v) is 6.39. The lowest BCUT2D eigenvalue weighted by atomic mass is 10.1. The number of rotatable bonds is 8. The third-order valence-corrected chi connectivity index (χ3v) is 4.39. The lowest BCUT2D eigenvalue weighted by Gasteiger charge is -2.08. The highest BCUT2D eigenvalue weighted by molar-refractivity contribution is 7.99. The molecule has 1 aromatic carbocycles. The summed E-state index contributed by atoms with van der Waals surface area (Å²) >= 11 is 1.66. The molecule has 0 bridgehead atoms. The van der Waals surface area contributed by atoms with E-state index in [9.17, 15) is 9.59 Å². The zero-order valence-corrected chi connectivity index (χ0v) is 13.6. The van der Waals surface area contributed by atoms with Gasteiger partial charge >= 0.3 is 5.97 Å². The standard InChI is InChI=1S/C16H23NO3S/c1-11-4-5-14(10-13(11)3)21-9-7-15(18)17-8-6-12(2)16(19)20/h4-5,10,12H,6-9H2,1-3H3,(H,17,18)(H,19,20). The fourth-order valence-corrected chi connectivity index (χ4v) is 2.65. The average molecular weight is 309 g/mol. The molecule has 1 aromatic rings. The van der Waals surface area contributed by atoms with Gasteiger partial charge in [-0.25, -0.2) is 0 Å². The summed E-state index contributed by atoms with van der Waals surface area (Å²) in [7, 11) is 0. The predicted octanol–water partition coefficient (Wildman–Crippen LogP) is 3.01. The van der Waals surface area contributed by atoms with Crippen LogP contribution in [0.5, 0.6) is 0 Å². The van der Waals surface area contributed by atoms with Crippen LogP contribution in [0, 0.1) is 19.8 Å². The van der Waals surface area contributed by atoms with Crippen LogP contribution in [-0.2, 0) is 9.59 Å². The van der Waals surface area contributed by atoms with Crippen molar-refractivity contribution in [3.05, 3.63) is 29.3 Å². The number of carboxylic acids is 1. The van der Waals surface area contributed by atoms with Crippen molar-refractivity contribution in [2.24, 2.45) is 5.92 Å². The second kappa shape index (κ2) is 8.72. The number of amides is 1. The van der Waals surface area contributed by atoms with Crippen LogP contribution in [0.3, 0.4) is 0 Å². The summed E-state index contributed by atoms with van der Waals surface area (Å²) in [5, 5.41) is 11.5. The van der Waals surface area contributed by atoms with Crippen molar-refractivity contribution in [1.29, 1.82) is 0 Å². The molecule has 116 valence electrons. The van der Waals surface area contributed by atoms with Gasteiger partial charge in [0.2, 0.25) is 5.91 Å². The quantitative estimate of drug-likeness (QED) is 0.724. The lowest BCUT2D eigenvalue weighted by molar-refractivity contribution is -0.141. The van der Waals surface area contributed by atoms with E-state index < -0.39 is 11.9 Å². The van der Waals surface area contributed by atoms with E-state index in [1.54, 1.807) is 18.7 Å². The summed E-state index contributed by atoms with van der Waals surface area (Å²) in [6, 6.07) is 6.29. The van der Waals surface area contributed by atoms with E-state index >= 15 is 0 Å². The molecule has 4 nitrogen and oxygen atoms in total. The van der Waals surface area contributed by atoms with Gasteiger partial charge in [0, 0.05) is 23.6 Å². The number of carboxylic acid groups (broad SMARTS) is 1. The first-order valence-electron chi connectivity index (χ1n) is 7.09. The van der Waals surface area contributed by atoms with Crippen LogP contribution in [0.4, 0.5) is 0 Å². The zero-order chi connectivity index (χ0) is 15.8. The molecule has 1 amide bonds. The molecule has 0 aliphatic rings. The molecule has 0 saturated carbocycles. The SMILES string of the molecule is Cc1ccc(SCCC(=O)NCCC(C)C(=O)O)cc1C. The summed E-state index contributed by atoms with van der Waals surface area (Å²) in [6.07, 6.45) is 0.907. The first-order chi connectivity index (χ1) is 9.90. The maximum atomic E-state index is 11.6. The van der Waals surface area contributed by atoms with Crippen molar-refractivity contribution < 1.29 is 14.7 Å². The van der Waals surface area contributed by atoms with Crippen molar-refractivity contribution in [3.8, 4) is 0 Å². The van der Waals surface area contributed by atoms with Gasteiger partial charge in [-0.05, 0) is 43.5 Å². The van der Waals surface area contributed by atoms with E-state index in [4.69, 9.17) is 5.11 Å². The molecular weight excluding hydrogens is 286 g/mol. The van der Waals surface area contributed by atoms with Gasteiger partial charge < -0.3 is 10.4 Å². The molecule has 0 aliphatic carbocycles. The molecule has 5 heteroatoms. The molecule has 21 heavy (non-hydrogen) atoms. The third kappa shape index (κ3) is 6.67. The average Bonchev–Trinajstić information content (AvgIpc) is 2.42. The fraction of sp³-hybridized carbons (Fsp3) is 0.500. The maximum Gasteiger partial charge on any atom is 0.306 e. The van der Waals surface area contributed by atoms with Gasteiger partial charge in [-0.15, -0.1) is 11.8 Å². The number of carbonyl (C=O) groups excluding carboxylic acids is 1. The van der Waals surface area contributed by atoms with Gasteiger partial charge in [0.1, 0.15) is 0 Å². The highest BCUT2D eigenvalue weighted by atomic mass is 32.2. The number of thioether (sulfide) groups is 1. The van der Waals surface area contributed by atoms with E-state index in [0.29, 0.717) is 19.4 Å². The molecular formula is C16H23NO3S. The maximum absolute atomic E-state index is 11.6. The summed E-state index contributed by atoms with van der Waals surface area (Å²) < 4.78 is 0. The van der Waals surface area contributed by atoms with E-state index in [-0.39, 0.29) is 5.91 Å². The minimum atomic E-state index is -0.824. The molecule has 0 fully saturated rings. The Morgan fingerprint density at radius 2 is 2.00 bits per heavy atom. The molecule has 0 radical (unpaired) electrons. The molecule has 0 aromatic heterocycles. The van der Waals surface area contributed by atoms with Gasteiger partial charge in [-0.2, -0.15) is 0 Å². The first kappa shape index (κ1) is 17.6. The van der Waals surface area contributed by atoms with Gasteiger partial charge in [0.15, 0.2) is 0 Å². The number of hydrogen-bond acceptors (Lipinski definition) is 3. The van der Waals surface area contributed by atoms with Gasteiger partial charge in [0.25, 0.3) is 0 Å². The van der Waals surface area contributed by atoms with Crippen molar-refractivity contribution in [2.75, 3.05) is 12.3 Å². The summed E-state index contributed by atoms with van der Waals surface area (Å²) in [6.45, 7) is 6.22. The molecule has 1 unspecified atom stereocenters. The predicted molar refractivity (Wildman–Crippen MR) is 85.7 cm³/mol. The second-order valence-electron chi connectivity index (χ2n) is 5.22. The molecule has 0 aliphatic heterocycles. The van der Waals surface area contributed by atoms with E-state index in [1.807, 2.05) is 0 Å². The summed E-state index contributed by atoms with van der Waals surface area (Å²) in [4.78, 5) is 23.4. The molecule has 0 saturated heterocycles. The van der Waals surface area contributed by atoms with Gasteiger partial charge in [-0.3, -0.25) is 9.59 Å². The number of benzene rings is 1. The number of carbonyl (C=O) groups is 2. The molecule has 0 spiro atoms. The van der Waals surface area contributed by atoms with Crippen LogP contribution in [0.1, 0.15) is 30.9 Å². The number of aryl methyl sites for hydroxylation is 2. The van der Waals surface area contributed by atoms with Crippen molar-refractivity contribution in [1.82, 2.24) is 5.32 Å². The summed E-state index contributed by atoms with van der Waals surface area (Å²) in [5.41, 5.74) is 2.52. The Kier molecular flexibility index (Phi) is 7.29. The van der Waals surface area contributed by atoms with E-state index in [0.717, 1.165) is 5.75 Å². The van der Waals surface area contributed by atoms with Crippen LogP contribution >= 0.6 is 11.8 Å². The monoisotopic (exact) mass is 309 g/mol. The molecule has 1 rings (SSSR count). The van der Waals surface area contributed by atoms with Crippen LogP contribution in [0.2, 0.25) is 0 Å². The van der Waals surface area contributed by atoms with E-state index in [2.05, 4.69) is 37.4 Å². The molecule has 1 atom stereocenters. The Hall–Kier alpha value is -1.49. The topological polar surface area (TPSA) is 66.4 Å². The number of nitrogens with one attached hydrogen (secondary N) is 1. The van der Waals surface area contributed by atoms with Crippen LogP contribution < -0.4 is 5.32 Å². The Bertz CT molecular complexity index is 502. The Morgan fingerprint density at radius 1 is 1.29 bits per heavy atom. The Labute approximate surface area is 130 Å². The fourth-order valence-electron chi connectivity index (χ4n) is 1.71. The largest absolute Gasteiger partial charge is 0.481 e. The number of aliphatic carboxylic acids is 1. The van der Waals surface area contributed by atoms with E-state index in [1.165, 1.54) is 16.0 Å². The minimum Gasteiger partial charge on any atom is -0.481 e. The van der Waals surface area contributed by atoms with Crippen molar-refractivity contribution in [2.45, 2.75) is 38.5 Å². The van der Waals surface area contributed by atoms with Crippen LogP contribution in [0.15, 0.2) is 23.1 Å². The molecule has 0 heterocycles. The zero-order valence-electron chi connectivity index (χ0n) is 12.8. The minimum absolute atomic E-state index is 0.0241. The Morgan fingerprint density at radius 3 is 2.62 bits per heavy atom. The lowest BCUT2D eigenvalue weighted by Crippen LogP contribution is -2.27. The normalized spacial score (nSPS) is 12.0. The highest BCUT2D eigenvalue weighted by Gasteiger charge is 2.10. The third-order valence-electron chi connectivity index (χ3n) is 3.40. The molecule has 2 N–H and O–H groups in total. The van der Waals surface area contributed by atoms with Gasteiger partial charge in [-0.1, -0.05) is 13.0 Å². The van der Waals surface area contributed by atoms with Crippen molar-refractivity contribution >= 4 is 23.6 Å². The smallest absolute Gasteiger partial charge is 0.306 e. The van der Waals surface area contributed by atoms with Crippen molar-refractivity contribution in [3.63, 3.8) is 0 Å². The number of hydrogen-bond donors (Lipinski definition) is 2. The Balaban J connectivity index is 2.21. The van der Waals surface area contributed by atoms with Crippen LogP contribution in [0.25, 0.3) is 0 Å². The summed E-state index contributed by atoms with van der Waals surface area (Å²) in [5.74, 6) is -0.545.